The Kier molecular flexibility index (Phi) is 2.71. The first kappa shape index (κ1) is 11.4. The third-order valence-electron chi connectivity index (χ3n) is 2.80. The van der Waals surface area contributed by atoms with Gasteiger partial charge < -0.3 is 10.3 Å². The van der Waals surface area contributed by atoms with E-state index in [9.17, 15) is 0 Å². The topological polar surface area (TPSA) is 95.7 Å². The molecule has 1 atom stereocenters. The Balaban J connectivity index is 1.89. The summed E-state index contributed by atoms with van der Waals surface area (Å²) in [5, 5.41) is 8.01. The predicted octanol–water partition coefficient (Wildman–Crippen LogP) is 1.52. The highest BCUT2D eigenvalue weighted by Crippen LogP contribution is 2.21. The summed E-state index contributed by atoms with van der Waals surface area (Å²) in [5.74, 6) is 1.01. The summed E-state index contributed by atoms with van der Waals surface area (Å²) in [4.78, 5) is 8.25. The minimum atomic E-state index is -0.155. The van der Waals surface area contributed by atoms with Gasteiger partial charge in [-0.25, -0.2) is 9.67 Å². The number of rotatable bonds is 3. The van der Waals surface area contributed by atoms with Crippen molar-refractivity contribution in [1.29, 1.82) is 0 Å². The molecule has 0 fully saturated rings. The molecule has 3 aromatic rings. The van der Waals surface area contributed by atoms with Gasteiger partial charge >= 0.3 is 0 Å². The summed E-state index contributed by atoms with van der Waals surface area (Å²) in [6.45, 7) is 1.91. The number of benzene rings is 1. The molecule has 96 valence electrons. The molecule has 2 aromatic heterocycles. The molecule has 7 heteroatoms. The van der Waals surface area contributed by atoms with Crippen LogP contribution in [0.2, 0.25) is 0 Å². The molecule has 0 aliphatic heterocycles. The van der Waals surface area contributed by atoms with Crippen LogP contribution in [0.4, 0.5) is 5.69 Å². The molecule has 0 aliphatic carbocycles. The fourth-order valence-corrected chi connectivity index (χ4v) is 1.68. The summed E-state index contributed by atoms with van der Waals surface area (Å²) in [6, 6.07) is 7.14. The van der Waals surface area contributed by atoms with Gasteiger partial charge in [0.2, 0.25) is 5.82 Å². The van der Waals surface area contributed by atoms with Crippen LogP contribution in [0.5, 0.6) is 0 Å². The van der Waals surface area contributed by atoms with E-state index in [0.717, 1.165) is 5.56 Å². The number of hydrogen-bond acceptors (Lipinski definition) is 6. The van der Waals surface area contributed by atoms with Crippen LogP contribution in [0.25, 0.3) is 11.4 Å². The average molecular weight is 256 g/mol. The zero-order chi connectivity index (χ0) is 13.2. The van der Waals surface area contributed by atoms with Gasteiger partial charge in [-0.05, 0) is 31.2 Å². The number of nitrogen functional groups attached to an aromatic ring is 1. The Morgan fingerprint density at radius 1 is 1.26 bits per heavy atom. The Labute approximate surface area is 109 Å². The Morgan fingerprint density at radius 2 is 2.05 bits per heavy atom. The largest absolute Gasteiger partial charge is 0.399 e. The van der Waals surface area contributed by atoms with Gasteiger partial charge in [-0.1, -0.05) is 5.16 Å². The normalized spacial score (nSPS) is 12.5. The van der Waals surface area contributed by atoms with E-state index < -0.39 is 0 Å². The van der Waals surface area contributed by atoms with Crippen LogP contribution in [-0.4, -0.2) is 24.9 Å². The van der Waals surface area contributed by atoms with E-state index >= 15 is 0 Å². The van der Waals surface area contributed by atoms with E-state index in [-0.39, 0.29) is 6.04 Å². The smallest absolute Gasteiger partial charge is 0.251 e. The minimum absolute atomic E-state index is 0.155. The summed E-state index contributed by atoms with van der Waals surface area (Å²) in [7, 11) is 0. The van der Waals surface area contributed by atoms with Gasteiger partial charge in [0.05, 0.1) is 0 Å². The Morgan fingerprint density at radius 3 is 2.74 bits per heavy atom. The summed E-state index contributed by atoms with van der Waals surface area (Å²) in [6.07, 6.45) is 3.07. The van der Waals surface area contributed by atoms with Crippen molar-refractivity contribution in [3.05, 3.63) is 42.8 Å². The van der Waals surface area contributed by atoms with E-state index in [2.05, 4.69) is 20.2 Å². The lowest BCUT2D eigenvalue weighted by Crippen LogP contribution is -2.07. The molecule has 0 spiro atoms. The quantitative estimate of drug-likeness (QED) is 0.714. The maximum Gasteiger partial charge on any atom is 0.251 e. The number of hydrogen-bond donors (Lipinski definition) is 1. The maximum atomic E-state index is 5.64. The summed E-state index contributed by atoms with van der Waals surface area (Å²) in [5.41, 5.74) is 7.19. The van der Waals surface area contributed by atoms with E-state index in [1.165, 1.54) is 6.33 Å². The van der Waals surface area contributed by atoms with E-state index in [1.54, 1.807) is 23.1 Å². The lowest BCUT2D eigenvalue weighted by Gasteiger charge is -2.04. The second-order valence-electron chi connectivity index (χ2n) is 4.13. The monoisotopic (exact) mass is 256 g/mol. The second kappa shape index (κ2) is 4.52. The summed E-state index contributed by atoms with van der Waals surface area (Å²) < 4.78 is 6.91. The van der Waals surface area contributed by atoms with Crippen LogP contribution in [-0.2, 0) is 0 Å². The molecule has 7 nitrogen and oxygen atoms in total. The van der Waals surface area contributed by atoms with Crippen molar-refractivity contribution in [3.8, 4) is 11.4 Å². The highest BCUT2D eigenvalue weighted by Gasteiger charge is 2.17. The second-order valence-corrected chi connectivity index (χ2v) is 4.13. The van der Waals surface area contributed by atoms with Crippen molar-refractivity contribution in [2.24, 2.45) is 0 Å². The first-order chi connectivity index (χ1) is 9.24. The van der Waals surface area contributed by atoms with Crippen LogP contribution in [0.1, 0.15) is 18.9 Å². The van der Waals surface area contributed by atoms with Crippen LogP contribution in [0.3, 0.4) is 0 Å². The van der Waals surface area contributed by atoms with Gasteiger partial charge in [0.25, 0.3) is 5.89 Å². The SMILES string of the molecule is CC(c1nc(-c2ccc(N)cc2)no1)n1cncn1. The Bertz CT molecular complexity index is 658. The van der Waals surface area contributed by atoms with Gasteiger partial charge in [-0.3, -0.25) is 0 Å². The molecule has 0 saturated heterocycles. The molecule has 0 amide bonds. The van der Waals surface area contributed by atoms with Gasteiger partial charge in [0.1, 0.15) is 18.7 Å². The van der Waals surface area contributed by atoms with Crippen molar-refractivity contribution >= 4 is 5.69 Å². The standard InChI is InChI=1S/C12H12N6O/c1-8(18-7-14-6-15-18)12-16-11(17-19-12)9-2-4-10(13)5-3-9/h2-8H,13H2,1H3. The van der Waals surface area contributed by atoms with Crippen LogP contribution < -0.4 is 5.73 Å². The lowest BCUT2D eigenvalue weighted by atomic mass is 10.2. The number of nitrogens with two attached hydrogens (primary N) is 1. The van der Waals surface area contributed by atoms with Crippen molar-refractivity contribution in [1.82, 2.24) is 24.9 Å². The molecule has 1 unspecified atom stereocenters. The molecule has 2 N–H and O–H groups in total. The van der Waals surface area contributed by atoms with Gasteiger partial charge in [-0.15, -0.1) is 0 Å². The van der Waals surface area contributed by atoms with E-state index in [4.69, 9.17) is 10.3 Å². The molecule has 0 aliphatic rings. The highest BCUT2D eigenvalue weighted by atomic mass is 16.5. The molecule has 0 saturated carbocycles. The van der Waals surface area contributed by atoms with E-state index in [0.29, 0.717) is 17.4 Å². The molecule has 2 heterocycles. The number of aromatic nitrogens is 5. The minimum Gasteiger partial charge on any atom is -0.399 e. The molecule has 0 bridgehead atoms. The first-order valence-electron chi connectivity index (χ1n) is 5.77. The van der Waals surface area contributed by atoms with Crippen molar-refractivity contribution in [2.75, 3.05) is 5.73 Å². The third-order valence-corrected chi connectivity index (χ3v) is 2.80. The van der Waals surface area contributed by atoms with Crippen molar-refractivity contribution in [3.63, 3.8) is 0 Å². The van der Waals surface area contributed by atoms with Gasteiger partial charge in [0, 0.05) is 11.3 Å². The van der Waals surface area contributed by atoms with Crippen molar-refractivity contribution in [2.45, 2.75) is 13.0 Å². The van der Waals surface area contributed by atoms with Crippen LogP contribution in [0.15, 0.2) is 41.4 Å². The maximum absolute atomic E-state index is 5.64. The summed E-state index contributed by atoms with van der Waals surface area (Å²) >= 11 is 0. The molecule has 0 radical (unpaired) electrons. The van der Waals surface area contributed by atoms with Crippen molar-refractivity contribution < 1.29 is 4.52 Å². The zero-order valence-corrected chi connectivity index (χ0v) is 10.3. The van der Waals surface area contributed by atoms with E-state index in [1.807, 2.05) is 19.1 Å². The van der Waals surface area contributed by atoms with Crippen LogP contribution >= 0.6 is 0 Å². The van der Waals surface area contributed by atoms with Gasteiger partial charge in [-0.2, -0.15) is 10.1 Å². The average Bonchev–Trinajstić information content (AvgIpc) is 3.10. The molecule has 3 rings (SSSR count). The first-order valence-corrected chi connectivity index (χ1v) is 5.77. The fraction of sp³-hybridized carbons (Fsp3) is 0.167. The number of nitrogens with zero attached hydrogens (tertiary/aromatic N) is 5. The zero-order valence-electron chi connectivity index (χ0n) is 10.3. The molecular formula is C12H12N6O. The third kappa shape index (κ3) is 2.17. The molecular weight excluding hydrogens is 244 g/mol. The number of anilines is 1. The Hall–Kier alpha value is -2.70. The highest BCUT2D eigenvalue weighted by molar-refractivity contribution is 5.57. The van der Waals surface area contributed by atoms with Crippen LogP contribution in [0, 0.1) is 0 Å². The molecule has 19 heavy (non-hydrogen) atoms. The predicted molar refractivity (Wildman–Crippen MR) is 68.0 cm³/mol. The lowest BCUT2D eigenvalue weighted by molar-refractivity contribution is 0.336. The van der Waals surface area contributed by atoms with Gasteiger partial charge in [0.15, 0.2) is 0 Å². The molecule has 1 aromatic carbocycles. The fourth-order valence-electron chi connectivity index (χ4n) is 1.68.